The van der Waals surface area contributed by atoms with E-state index in [2.05, 4.69) is 21.7 Å². The largest absolute Gasteiger partial charge is 0.302 e. The predicted molar refractivity (Wildman–Crippen MR) is 102 cm³/mol. The minimum atomic E-state index is 0.739. The van der Waals surface area contributed by atoms with Crippen LogP contribution in [0.2, 0.25) is 10.0 Å². The molecule has 0 spiro atoms. The first kappa shape index (κ1) is 17.3. The van der Waals surface area contributed by atoms with Gasteiger partial charge in [0.25, 0.3) is 0 Å². The molecule has 0 amide bonds. The molecular weight excluding hydrogens is 361 g/mol. The molecule has 1 aromatic heterocycles. The van der Waals surface area contributed by atoms with Crippen molar-refractivity contribution >= 4 is 35.0 Å². The van der Waals surface area contributed by atoms with Crippen LogP contribution in [-0.4, -0.2) is 14.8 Å². The van der Waals surface area contributed by atoms with Gasteiger partial charge in [0, 0.05) is 27.9 Å². The normalized spacial score (nSPS) is 11.0. The van der Waals surface area contributed by atoms with Gasteiger partial charge in [-0.05, 0) is 37.1 Å². The molecule has 124 valence electrons. The van der Waals surface area contributed by atoms with E-state index >= 15 is 0 Å². The first-order valence-corrected chi connectivity index (χ1v) is 9.40. The summed E-state index contributed by atoms with van der Waals surface area (Å²) in [6.07, 6.45) is 0. The summed E-state index contributed by atoms with van der Waals surface area (Å²) in [5, 5.41) is 11.1. The maximum Gasteiger partial charge on any atom is 0.191 e. The third-order valence-electron chi connectivity index (χ3n) is 3.78. The topological polar surface area (TPSA) is 30.7 Å². The van der Waals surface area contributed by atoms with Crippen LogP contribution in [0.5, 0.6) is 0 Å². The van der Waals surface area contributed by atoms with E-state index in [4.69, 9.17) is 23.2 Å². The lowest BCUT2D eigenvalue weighted by molar-refractivity contribution is 0.687. The molecule has 3 aromatic rings. The Morgan fingerprint density at radius 3 is 2.54 bits per heavy atom. The number of hydrogen-bond acceptors (Lipinski definition) is 3. The van der Waals surface area contributed by atoms with Gasteiger partial charge >= 0.3 is 0 Å². The van der Waals surface area contributed by atoms with Crippen molar-refractivity contribution in [2.45, 2.75) is 31.3 Å². The second kappa shape index (κ2) is 7.60. The summed E-state index contributed by atoms with van der Waals surface area (Å²) in [5.74, 6) is 1.59. The van der Waals surface area contributed by atoms with Crippen LogP contribution < -0.4 is 0 Å². The molecule has 2 aromatic carbocycles. The van der Waals surface area contributed by atoms with Gasteiger partial charge in [0.1, 0.15) is 0 Å². The average molecular weight is 378 g/mol. The molecule has 3 rings (SSSR count). The SMILES string of the molecule is CCn1c(SCc2ccccc2Cl)nnc1-c1ccc(C)c(Cl)c1. The standard InChI is InChI=1S/C18H17Cl2N3S/c1-3-23-17(13-9-8-12(2)16(20)10-13)21-22-18(23)24-11-14-6-4-5-7-15(14)19/h4-10H,3,11H2,1-2H3. The molecule has 6 heteroatoms. The maximum atomic E-state index is 6.25. The van der Waals surface area contributed by atoms with Crippen LogP contribution in [0, 0.1) is 6.92 Å². The minimum Gasteiger partial charge on any atom is -0.302 e. The second-order valence-electron chi connectivity index (χ2n) is 5.39. The van der Waals surface area contributed by atoms with Crippen LogP contribution in [0.15, 0.2) is 47.6 Å². The Morgan fingerprint density at radius 2 is 1.83 bits per heavy atom. The van der Waals surface area contributed by atoms with E-state index in [0.717, 1.165) is 50.0 Å². The van der Waals surface area contributed by atoms with Crippen LogP contribution in [0.1, 0.15) is 18.1 Å². The maximum absolute atomic E-state index is 6.25. The first-order valence-electron chi connectivity index (χ1n) is 7.66. The molecule has 0 aliphatic carbocycles. The number of benzene rings is 2. The number of hydrogen-bond donors (Lipinski definition) is 0. The van der Waals surface area contributed by atoms with E-state index in [1.54, 1.807) is 11.8 Å². The third-order valence-corrected chi connectivity index (χ3v) is 5.57. The molecule has 0 aliphatic heterocycles. The Balaban J connectivity index is 1.87. The fourth-order valence-corrected chi connectivity index (χ4v) is 3.85. The Labute approximate surface area is 156 Å². The van der Waals surface area contributed by atoms with Crippen LogP contribution in [0.4, 0.5) is 0 Å². The van der Waals surface area contributed by atoms with Crippen LogP contribution in [-0.2, 0) is 12.3 Å². The molecule has 0 bridgehead atoms. The summed E-state index contributed by atoms with van der Waals surface area (Å²) in [6.45, 7) is 4.86. The van der Waals surface area contributed by atoms with Gasteiger partial charge in [-0.15, -0.1) is 10.2 Å². The van der Waals surface area contributed by atoms with Gasteiger partial charge in [-0.25, -0.2) is 0 Å². The van der Waals surface area contributed by atoms with Gasteiger partial charge in [0.15, 0.2) is 11.0 Å². The van der Waals surface area contributed by atoms with Gasteiger partial charge in [-0.1, -0.05) is 65.3 Å². The van der Waals surface area contributed by atoms with Crippen LogP contribution in [0.3, 0.4) is 0 Å². The van der Waals surface area contributed by atoms with Gasteiger partial charge in [-0.2, -0.15) is 0 Å². The summed E-state index contributed by atoms with van der Waals surface area (Å²) in [5.41, 5.74) is 3.12. The van der Waals surface area contributed by atoms with E-state index in [0.29, 0.717) is 0 Å². The van der Waals surface area contributed by atoms with Crippen molar-refractivity contribution in [1.29, 1.82) is 0 Å². The molecule has 0 saturated carbocycles. The Kier molecular flexibility index (Phi) is 5.49. The highest BCUT2D eigenvalue weighted by Gasteiger charge is 2.14. The molecule has 0 radical (unpaired) electrons. The number of aromatic nitrogens is 3. The Hall–Kier alpha value is -1.49. The molecule has 0 atom stereocenters. The number of aryl methyl sites for hydroxylation is 1. The van der Waals surface area contributed by atoms with E-state index < -0.39 is 0 Å². The average Bonchev–Trinajstić information content (AvgIpc) is 2.99. The molecule has 0 saturated heterocycles. The van der Waals surface area contributed by atoms with Crippen molar-refractivity contribution in [2.75, 3.05) is 0 Å². The predicted octanol–water partition coefficient (Wildman–Crippen LogP) is 5.87. The first-order chi connectivity index (χ1) is 11.6. The van der Waals surface area contributed by atoms with Crippen molar-refractivity contribution in [3.63, 3.8) is 0 Å². The minimum absolute atomic E-state index is 0.739. The number of halogens is 2. The Morgan fingerprint density at radius 1 is 1.04 bits per heavy atom. The summed E-state index contributed by atoms with van der Waals surface area (Å²) >= 11 is 14.1. The molecule has 1 heterocycles. The molecule has 24 heavy (non-hydrogen) atoms. The zero-order valence-electron chi connectivity index (χ0n) is 13.5. The summed E-state index contributed by atoms with van der Waals surface area (Å²) in [6, 6.07) is 13.8. The summed E-state index contributed by atoms with van der Waals surface area (Å²) < 4.78 is 2.10. The lowest BCUT2D eigenvalue weighted by atomic mass is 10.1. The van der Waals surface area contributed by atoms with Crippen LogP contribution >= 0.6 is 35.0 Å². The van der Waals surface area contributed by atoms with Crippen LogP contribution in [0.25, 0.3) is 11.4 Å². The molecule has 0 aliphatic rings. The van der Waals surface area contributed by atoms with Gasteiger partial charge in [0.05, 0.1) is 0 Å². The van der Waals surface area contributed by atoms with E-state index in [9.17, 15) is 0 Å². The fraction of sp³-hybridized carbons (Fsp3) is 0.222. The van der Waals surface area contributed by atoms with E-state index in [-0.39, 0.29) is 0 Å². The van der Waals surface area contributed by atoms with Gasteiger partial charge < -0.3 is 4.57 Å². The number of thioether (sulfide) groups is 1. The van der Waals surface area contributed by atoms with Crippen molar-refractivity contribution in [3.05, 3.63) is 63.6 Å². The van der Waals surface area contributed by atoms with E-state index in [1.807, 2.05) is 49.4 Å². The van der Waals surface area contributed by atoms with Crippen molar-refractivity contribution in [1.82, 2.24) is 14.8 Å². The lowest BCUT2D eigenvalue weighted by Crippen LogP contribution is -2.00. The second-order valence-corrected chi connectivity index (χ2v) is 7.15. The van der Waals surface area contributed by atoms with E-state index in [1.165, 1.54) is 0 Å². The summed E-state index contributed by atoms with van der Waals surface area (Å²) in [4.78, 5) is 0. The fourth-order valence-electron chi connectivity index (χ4n) is 2.38. The highest BCUT2D eigenvalue weighted by Crippen LogP contribution is 2.30. The summed E-state index contributed by atoms with van der Waals surface area (Å²) in [7, 11) is 0. The van der Waals surface area contributed by atoms with Crippen molar-refractivity contribution in [3.8, 4) is 11.4 Å². The highest BCUT2D eigenvalue weighted by atomic mass is 35.5. The molecule has 3 nitrogen and oxygen atoms in total. The number of nitrogens with zero attached hydrogens (tertiary/aromatic N) is 3. The smallest absolute Gasteiger partial charge is 0.191 e. The molecular formula is C18H17Cl2N3S. The quantitative estimate of drug-likeness (QED) is 0.520. The van der Waals surface area contributed by atoms with Gasteiger partial charge in [-0.3, -0.25) is 0 Å². The van der Waals surface area contributed by atoms with Crippen molar-refractivity contribution in [2.24, 2.45) is 0 Å². The molecule has 0 unspecified atom stereocenters. The van der Waals surface area contributed by atoms with Crippen molar-refractivity contribution < 1.29 is 0 Å². The molecule has 0 fully saturated rings. The third kappa shape index (κ3) is 3.61. The molecule has 0 N–H and O–H groups in total. The highest BCUT2D eigenvalue weighted by molar-refractivity contribution is 7.98. The lowest BCUT2D eigenvalue weighted by Gasteiger charge is -2.09. The zero-order valence-corrected chi connectivity index (χ0v) is 15.8. The van der Waals surface area contributed by atoms with Gasteiger partial charge in [0.2, 0.25) is 0 Å². The monoisotopic (exact) mass is 377 g/mol. The Bertz CT molecular complexity index is 861. The zero-order chi connectivity index (χ0) is 17.1. The number of rotatable bonds is 5.